The molecule has 1 aliphatic heterocycles. The summed E-state index contributed by atoms with van der Waals surface area (Å²) in [5, 5.41) is 0. The number of ether oxygens (including phenoxy) is 2. The number of methoxy groups -OCH3 is 2. The van der Waals surface area contributed by atoms with Crippen molar-refractivity contribution in [2.75, 3.05) is 47.4 Å². The van der Waals surface area contributed by atoms with Crippen LogP contribution in [0.25, 0.3) is 0 Å². The summed E-state index contributed by atoms with van der Waals surface area (Å²) in [6.07, 6.45) is 3.62. The average Bonchev–Trinajstić information content (AvgIpc) is 2.70. The van der Waals surface area contributed by atoms with E-state index < -0.39 is 0 Å². The molecule has 0 aromatic heterocycles. The van der Waals surface area contributed by atoms with Gasteiger partial charge in [-0.2, -0.15) is 0 Å². The Kier molecular flexibility index (Phi) is 8.58. The van der Waals surface area contributed by atoms with E-state index in [4.69, 9.17) is 4.74 Å². The minimum absolute atomic E-state index is 0.00606. The van der Waals surface area contributed by atoms with Crippen LogP contribution in [-0.2, 0) is 20.7 Å². The second kappa shape index (κ2) is 10.9. The molecule has 1 aromatic rings. The third-order valence-electron chi connectivity index (χ3n) is 5.22. The Morgan fingerprint density at radius 3 is 2.74 bits per heavy atom. The zero-order valence-corrected chi connectivity index (χ0v) is 16.8. The number of esters is 1. The average molecular weight is 376 g/mol. The van der Waals surface area contributed by atoms with Crippen molar-refractivity contribution in [1.29, 1.82) is 0 Å². The molecule has 1 amide bonds. The standard InChI is InChI=1S/C21H32N2O4/c1-22(20(24)10-11-21(25)27-3)15-17-7-6-13-23(16-17)14-12-18-8-4-5-9-19(18)26-2/h4-5,8-9,17H,6-7,10-16H2,1-3H3/t17-/m0/s1. The van der Waals surface area contributed by atoms with E-state index in [1.807, 2.05) is 25.2 Å². The Morgan fingerprint density at radius 1 is 1.22 bits per heavy atom. The highest BCUT2D eigenvalue weighted by Crippen LogP contribution is 2.21. The third-order valence-corrected chi connectivity index (χ3v) is 5.22. The molecular weight excluding hydrogens is 344 g/mol. The van der Waals surface area contributed by atoms with Gasteiger partial charge in [0.2, 0.25) is 5.91 Å². The summed E-state index contributed by atoms with van der Waals surface area (Å²) in [4.78, 5) is 27.6. The van der Waals surface area contributed by atoms with Gasteiger partial charge in [0, 0.05) is 33.1 Å². The molecular formula is C21H32N2O4. The Bertz CT molecular complexity index is 620. The summed E-state index contributed by atoms with van der Waals surface area (Å²) >= 11 is 0. The Balaban J connectivity index is 1.78. The number of likely N-dealkylation sites (tertiary alicyclic amines) is 1. The molecule has 6 heteroatoms. The fourth-order valence-corrected chi connectivity index (χ4v) is 3.68. The number of hydrogen-bond donors (Lipinski definition) is 0. The molecule has 1 saturated heterocycles. The van der Waals surface area contributed by atoms with E-state index in [2.05, 4.69) is 15.7 Å². The maximum absolute atomic E-state index is 12.2. The second-order valence-corrected chi connectivity index (χ2v) is 7.22. The van der Waals surface area contributed by atoms with Gasteiger partial charge in [-0.05, 0) is 43.4 Å². The number of hydrogen-bond acceptors (Lipinski definition) is 5. The molecule has 0 saturated carbocycles. The molecule has 0 spiro atoms. The van der Waals surface area contributed by atoms with Crippen molar-refractivity contribution < 1.29 is 19.1 Å². The molecule has 0 N–H and O–H groups in total. The topological polar surface area (TPSA) is 59.1 Å². The van der Waals surface area contributed by atoms with Crippen molar-refractivity contribution in [2.45, 2.75) is 32.1 Å². The first-order chi connectivity index (χ1) is 13.0. The van der Waals surface area contributed by atoms with E-state index in [-0.39, 0.29) is 24.7 Å². The summed E-state index contributed by atoms with van der Waals surface area (Å²) in [7, 11) is 4.88. The summed E-state index contributed by atoms with van der Waals surface area (Å²) in [5.41, 5.74) is 1.23. The van der Waals surface area contributed by atoms with Crippen LogP contribution >= 0.6 is 0 Å². The number of amides is 1. The van der Waals surface area contributed by atoms with Crippen LogP contribution in [0.3, 0.4) is 0 Å². The maximum Gasteiger partial charge on any atom is 0.306 e. The molecule has 0 unspecified atom stereocenters. The highest BCUT2D eigenvalue weighted by molar-refractivity contribution is 5.81. The highest BCUT2D eigenvalue weighted by Gasteiger charge is 2.23. The van der Waals surface area contributed by atoms with E-state index >= 15 is 0 Å². The van der Waals surface area contributed by atoms with Gasteiger partial charge in [-0.1, -0.05) is 18.2 Å². The van der Waals surface area contributed by atoms with Crippen LogP contribution < -0.4 is 4.74 Å². The molecule has 150 valence electrons. The zero-order chi connectivity index (χ0) is 19.6. The van der Waals surface area contributed by atoms with Crippen LogP contribution in [0.2, 0.25) is 0 Å². The summed E-state index contributed by atoms with van der Waals surface area (Å²) in [6, 6.07) is 8.16. The van der Waals surface area contributed by atoms with E-state index in [9.17, 15) is 9.59 Å². The van der Waals surface area contributed by atoms with Crippen LogP contribution in [0.5, 0.6) is 5.75 Å². The summed E-state index contributed by atoms with van der Waals surface area (Å²) in [6.45, 7) is 3.84. The maximum atomic E-state index is 12.2. The molecule has 27 heavy (non-hydrogen) atoms. The molecule has 0 radical (unpaired) electrons. The van der Waals surface area contributed by atoms with Gasteiger partial charge < -0.3 is 19.3 Å². The number of piperidine rings is 1. The van der Waals surface area contributed by atoms with Crippen molar-refractivity contribution in [1.82, 2.24) is 9.80 Å². The first-order valence-electron chi connectivity index (χ1n) is 9.68. The van der Waals surface area contributed by atoms with Crippen molar-refractivity contribution in [3.05, 3.63) is 29.8 Å². The zero-order valence-electron chi connectivity index (χ0n) is 16.8. The summed E-state index contributed by atoms with van der Waals surface area (Å²) < 4.78 is 10.0. The van der Waals surface area contributed by atoms with E-state index in [1.54, 1.807) is 12.0 Å². The van der Waals surface area contributed by atoms with Crippen LogP contribution in [0.1, 0.15) is 31.2 Å². The van der Waals surface area contributed by atoms with Gasteiger partial charge in [-0.3, -0.25) is 9.59 Å². The van der Waals surface area contributed by atoms with Gasteiger partial charge >= 0.3 is 5.97 Å². The molecule has 1 aromatic carbocycles. The molecule has 0 bridgehead atoms. The predicted octanol–water partition coefficient (Wildman–Crippen LogP) is 2.36. The van der Waals surface area contributed by atoms with Gasteiger partial charge in [0.1, 0.15) is 5.75 Å². The number of nitrogens with zero attached hydrogens (tertiary/aromatic N) is 2. The van der Waals surface area contributed by atoms with Gasteiger partial charge in [0.05, 0.1) is 20.6 Å². The van der Waals surface area contributed by atoms with Crippen molar-refractivity contribution >= 4 is 11.9 Å². The number of rotatable bonds is 9. The van der Waals surface area contributed by atoms with Gasteiger partial charge in [-0.15, -0.1) is 0 Å². The number of carbonyl (C=O) groups excluding carboxylic acids is 2. The minimum Gasteiger partial charge on any atom is -0.496 e. The molecule has 1 aliphatic rings. The van der Waals surface area contributed by atoms with E-state index in [0.717, 1.165) is 51.2 Å². The fourth-order valence-electron chi connectivity index (χ4n) is 3.68. The number of benzene rings is 1. The molecule has 1 heterocycles. The smallest absolute Gasteiger partial charge is 0.306 e. The Hall–Kier alpha value is -2.08. The van der Waals surface area contributed by atoms with Crippen molar-refractivity contribution in [2.24, 2.45) is 5.92 Å². The lowest BCUT2D eigenvalue weighted by Crippen LogP contribution is -2.42. The molecule has 6 nitrogen and oxygen atoms in total. The van der Waals surface area contributed by atoms with Gasteiger partial charge in [0.25, 0.3) is 0 Å². The summed E-state index contributed by atoms with van der Waals surface area (Å²) in [5.74, 6) is 1.09. The van der Waals surface area contributed by atoms with Crippen LogP contribution in [0.4, 0.5) is 0 Å². The predicted molar refractivity (Wildman–Crippen MR) is 105 cm³/mol. The monoisotopic (exact) mass is 376 g/mol. The first-order valence-corrected chi connectivity index (χ1v) is 9.68. The van der Waals surface area contributed by atoms with Crippen LogP contribution in [0.15, 0.2) is 24.3 Å². The first kappa shape index (κ1) is 21.2. The number of carbonyl (C=O) groups is 2. The normalized spacial score (nSPS) is 17.4. The minimum atomic E-state index is -0.336. The highest BCUT2D eigenvalue weighted by atomic mass is 16.5. The largest absolute Gasteiger partial charge is 0.496 e. The molecule has 1 fully saturated rings. The fraction of sp³-hybridized carbons (Fsp3) is 0.619. The van der Waals surface area contributed by atoms with Crippen molar-refractivity contribution in [3.8, 4) is 5.75 Å². The van der Waals surface area contributed by atoms with E-state index in [0.29, 0.717) is 5.92 Å². The Morgan fingerprint density at radius 2 is 2.00 bits per heavy atom. The van der Waals surface area contributed by atoms with Crippen LogP contribution in [-0.4, -0.2) is 69.1 Å². The third kappa shape index (κ3) is 6.86. The molecule has 2 rings (SSSR count). The van der Waals surface area contributed by atoms with Gasteiger partial charge in [0.15, 0.2) is 0 Å². The van der Waals surface area contributed by atoms with Crippen molar-refractivity contribution in [3.63, 3.8) is 0 Å². The SMILES string of the molecule is COC(=O)CCC(=O)N(C)C[C@@H]1CCCN(CCc2ccccc2OC)C1. The lowest BCUT2D eigenvalue weighted by atomic mass is 9.97. The van der Waals surface area contributed by atoms with Gasteiger partial charge in [-0.25, -0.2) is 0 Å². The molecule has 1 atom stereocenters. The lowest BCUT2D eigenvalue weighted by Gasteiger charge is -2.34. The lowest BCUT2D eigenvalue weighted by molar-refractivity contribution is -0.143. The molecule has 0 aliphatic carbocycles. The second-order valence-electron chi connectivity index (χ2n) is 7.22. The van der Waals surface area contributed by atoms with E-state index in [1.165, 1.54) is 12.7 Å². The Labute approximate surface area is 162 Å². The quantitative estimate of drug-likeness (QED) is 0.619. The number of para-hydroxylation sites is 1. The van der Waals surface area contributed by atoms with Crippen LogP contribution in [0, 0.1) is 5.92 Å².